The molecule has 0 unspecified atom stereocenters. The van der Waals surface area contributed by atoms with Crippen LogP contribution in [-0.2, 0) is 6.42 Å². The Morgan fingerprint density at radius 3 is 2.94 bits per heavy atom. The quantitative estimate of drug-likeness (QED) is 0.811. The molecular weight excluding hydrogens is 222 g/mol. The Hall–Kier alpha value is -1.20. The van der Waals surface area contributed by atoms with Crippen molar-refractivity contribution in [3.63, 3.8) is 0 Å². The van der Waals surface area contributed by atoms with E-state index in [1.165, 1.54) is 5.56 Å². The molecule has 0 amide bonds. The first kappa shape index (κ1) is 11.3. The van der Waals surface area contributed by atoms with Crippen LogP contribution in [0.2, 0.25) is 0 Å². The van der Waals surface area contributed by atoms with Gasteiger partial charge >= 0.3 is 0 Å². The zero-order chi connectivity index (χ0) is 11.4. The van der Waals surface area contributed by atoms with Crippen LogP contribution in [0.1, 0.15) is 24.3 Å². The number of nitrogens with zero attached hydrogens (tertiary/aromatic N) is 2. The van der Waals surface area contributed by atoms with Crippen molar-refractivity contribution in [3.05, 3.63) is 22.2 Å². The topological polar surface area (TPSA) is 64.9 Å². The van der Waals surface area contributed by atoms with Crippen LogP contribution in [0.5, 0.6) is 0 Å². The van der Waals surface area contributed by atoms with Crippen molar-refractivity contribution in [2.75, 3.05) is 6.54 Å². The van der Waals surface area contributed by atoms with E-state index in [4.69, 9.17) is 10.3 Å². The van der Waals surface area contributed by atoms with E-state index < -0.39 is 0 Å². The molecule has 0 radical (unpaired) electrons. The minimum atomic E-state index is 0.696. The second kappa shape index (κ2) is 5.23. The van der Waals surface area contributed by atoms with Crippen LogP contribution in [0.15, 0.2) is 15.3 Å². The van der Waals surface area contributed by atoms with Crippen molar-refractivity contribution < 1.29 is 4.52 Å². The zero-order valence-corrected chi connectivity index (χ0v) is 10.1. The van der Waals surface area contributed by atoms with Gasteiger partial charge in [0.1, 0.15) is 0 Å². The summed E-state index contributed by atoms with van der Waals surface area (Å²) in [5.41, 5.74) is 7.69. The Labute approximate surface area is 98.5 Å². The van der Waals surface area contributed by atoms with Gasteiger partial charge in [-0.3, -0.25) is 0 Å². The van der Waals surface area contributed by atoms with Crippen LogP contribution in [0.25, 0.3) is 11.4 Å². The first-order chi connectivity index (χ1) is 7.81. The van der Waals surface area contributed by atoms with E-state index >= 15 is 0 Å². The normalized spacial score (nSPS) is 10.9. The maximum atomic E-state index is 5.43. The number of nitrogens with two attached hydrogens (primary N) is 1. The van der Waals surface area contributed by atoms with Gasteiger partial charge in [-0.1, -0.05) is 5.16 Å². The van der Waals surface area contributed by atoms with Crippen LogP contribution >= 0.6 is 11.3 Å². The number of hydrogen-bond acceptors (Lipinski definition) is 5. The second-order valence-corrected chi connectivity index (χ2v) is 4.47. The van der Waals surface area contributed by atoms with Gasteiger partial charge in [0, 0.05) is 17.4 Å². The summed E-state index contributed by atoms with van der Waals surface area (Å²) in [6.45, 7) is 2.76. The maximum Gasteiger partial charge on any atom is 0.226 e. The molecule has 16 heavy (non-hydrogen) atoms. The van der Waals surface area contributed by atoms with Crippen molar-refractivity contribution >= 4 is 11.3 Å². The first-order valence-electron chi connectivity index (χ1n) is 5.37. The second-order valence-electron chi connectivity index (χ2n) is 3.73. The van der Waals surface area contributed by atoms with Gasteiger partial charge in [0.2, 0.25) is 11.7 Å². The Kier molecular flexibility index (Phi) is 3.69. The van der Waals surface area contributed by atoms with Gasteiger partial charge in [0.25, 0.3) is 0 Å². The van der Waals surface area contributed by atoms with Gasteiger partial charge in [-0.2, -0.15) is 16.3 Å². The van der Waals surface area contributed by atoms with Gasteiger partial charge < -0.3 is 10.3 Å². The highest BCUT2D eigenvalue weighted by Crippen LogP contribution is 2.24. The van der Waals surface area contributed by atoms with Crippen molar-refractivity contribution in [2.24, 2.45) is 5.73 Å². The predicted molar refractivity (Wildman–Crippen MR) is 64.3 cm³/mol. The number of thiophene rings is 1. The minimum Gasteiger partial charge on any atom is -0.339 e. The van der Waals surface area contributed by atoms with E-state index in [0.717, 1.165) is 24.8 Å². The predicted octanol–water partition coefficient (Wildman–Crippen LogP) is 2.39. The molecular formula is C11H15N3OS. The third kappa shape index (κ3) is 2.48. The number of aromatic nitrogens is 2. The molecule has 0 atom stereocenters. The molecule has 0 aliphatic heterocycles. The molecule has 5 heteroatoms. The largest absolute Gasteiger partial charge is 0.339 e. The summed E-state index contributed by atoms with van der Waals surface area (Å²) < 4.78 is 5.19. The molecule has 2 N–H and O–H groups in total. The van der Waals surface area contributed by atoms with E-state index in [0.29, 0.717) is 18.3 Å². The smallest absolute Gasteiger partial charge is 0.226 e. The lowest BCUT2D eigenvalue weighted by Gasteiger charge is -1.92. The van der Waals surface area contributed by atoms with Gasteiger partial charge in [0.15, 0.2) is 0 Å². The van der Waals surface area contributed by atoms with Crippen molar-refractivity contribution in [1.29, 1.82) is 0 Å². The first-order valence-corrected chi connectivity index (χ1v) is 6.31. The highest BCUT2D eigenvalue weighted by Gasteiger charge is 2.10. The molecule has 2 aromatic rings. The Morgan fingerprint density at radius 1 is 1.38 bits per heavy atom. The molecule has 0 bridgehead atoms. The molecule has 0 aromatic carbocycles. The standard InChI is InChI=1S/C11H15N3OS/c1-8-6-16-7-9(8)11-13-10(15-14-11)4-2-3-5-12/h6-7H,2-5,12H2,1H3. The van der Waals surface area contributed by atoms with Gasteiger partial charge in [-0.05, 0) is 37.3 Å². The molecule has 4 nitrogen and oxygen atoms in total. The molecule has 86 valence electrons. The highest BCUT2D eigenvalue weighted by atomic mass is 32.1. The lowest BCUT2D eigenvalue weighted by Crippen LogP contribution is -1.99. The Bertz CT molecular complexity index is 450. The SMILES string of the molecule is Cc1cscc1-c1noc(CCCCN)n1. The van der Waals surface area contributed by atoms with Gasteiger partial charge in [0.05, 0.1) is 0 Å². The van der Waals surface area contributed by atoms with E-state index in [-0.39, 0.29) is 0 Å². The highest BCUT2D eigenvalue weighted by molar-refractivity contribution is 7.08. The molecule has 0 aliphatic rings. The summed E-state index contributed by atoms with van der Waals surface area (Å²) in [4.78, 5) is 4.37. The Balaban J connectivity index is 2.05. The van der Waals surface area contributed by atoms with Crippen LogP contribution in [0.3, 0.4) is 0 Å². The summed E-state index contributed by atoms with van der Waals surface area (Å²) in [6, 6.07) is 0. The maximum absolute atomic E-state index is 5.43. The summed E-state index contributed by atoms with van der Waals surface area (Å²) in [6.07, 6.45) is 2.81. The molecule has 2 rings (SSSR count). The summed E-state index contributed by atoms with van der Waals surface area (Å²) >= 11 is 1.65. The van der Waals surface area contributed by atoms with Crippen LogP contribution in [0.4, 0.5) is 0 Å². The van der Waals surface area contributed by atoms with Crippen LogP contribution in [0, 0.1) is 6.92 Å². The van der Waals surface area contributed by atoms with E-state index in [2.05, 4.69) is 22.4 Å². The zero-order valence-electron chi connectivity index (χ0n) is 9.27. The third-order valence-corrected chi connectivity index (χ3v) is 3.27. The Morgan fingerprint density at radius 2 is 2.25 bits per heavy atom. The van der Waals surface area contributed by atoms with Crippen molar-refractivity contribution in [1.82, 2.24) is 10.1 Å². The van der Waals surface area contributed by atoms with Crippen LogP contribution < -0.4 is 5.73 Å². The van der Waals surface area contributed by atoms with Gasteiger partial charge in [-0.15, -0.1) is 0 Å². The monoisotopic (exact) mass is 237 g/mol. The van der Waals surface area contributed by atoms with Crippen LogP contribution in [-0.4, -0.2) is 16.7 Å². The molecule has 0 fully saturated rings. The van der Waals surface area contributed by atoms with Gasteiger partial charge in [-0.25, -0.2) is 0 Å². The fourth-order valence-corrected chi connectivity index (χ4v) is 2.30. The number of rotatable bonds is 5. The van der Waals surface area contributed by atoms with Crippen molar-refractivity contribution in [2.45, 2.75) is 26.2 Å². The average Bonchev–Trinajstić information content (AvgIpc) is 2.87. The van der Waals surface area contributed by atoms with E-state index in [1.807, 2.05) is 5.38 Å². The van der Waals surface area contributed by atoms with Crippen molar-refractivity contribution in [3.8, 4) is 11.4 Å². The molecule has 2 heterocycles. The summed E-state index contributed by atoms with van der Waals surface area (Å²) in [7, 11) is 0. The number of unbranched alkanes of at least 4 members (excludes halogenated alkanes) is 1. The third-order valence-electron chi connectivity index (χ3n) is 2.41. The molecule has 0 spiro atoms. The lowest BCUT2D eigenvalue weighted by atomic mass is 10.2. The minimum absolute atomic E-state index is 0.696. The number of aryl methyl sites for hydroxylation is 2. The summed E-state index contributed by atoms with van der Waals surface area (Å²) in [5, 5.41) is 8.12. The van der Waals surface area contributed by atoms with E-state index in [1.54, 1.807) is 11.3 Å². The van der Waals surface area contributed by atoms with E-state index in [9.17, 15) is 0 Å². The fourth-order valence-electron chi connectivity index (χ4n) is 1.48. The number of hydrogen-bond donors (Lipinski definition) is 1. The lowest BCUT2D eigenvalue weighted by molar-refractivity contribution is 0.375. The fraction of sp³-hybridized carbons (Fsp3) is 0.455. The molecule has 0 saturated heterocycles. The summed E-state index contributed by atoms with van der Waals surface area (Å²) in [5.74, 6) is 1.40. The molecule has 2 aromatic heterocycles. The average molecular weight is 237 g/mol. The molecule has 0 saturated carbocycles. The molecule has 0 aliphatic carbocycles.